The van der Waals surface area contributed by atoms with Crippen LogP contribution in [0.5, 0.6) is 0 Å². The van der Waals surface area contributed by atoms with Crippen molar-refractivity contribution in [3.05, 3.63) is 29.8 Å². The Kier molecular flexibility index (Phi) is 7.67. The van der Waals surface area contributed by atoms with Gasteiger partial charge in [-0.1, -0.05) is 25.8 Å². The topological polar surface area (TPSA) is 84.5 Å². The van der Waals surface area contributed by atoms with Crippen molar-refractivity contribution in [3.8, 4) is 0 Å². The molecule has 6 nitrogen and oxygen atoms in total. The lowest BCUT2D eigenvalue weighted by Crippen LogP contribution is -2.28. The summed E-state index contributed by atoms with van der Waals surface area (Å²) in [5.74, 6) is -1.21. The van der Waals surface area contributed by atoms with E-state index < -0.39 is 11.9 Å². The molecule has 1 aromatic carbocycles. The number of methoxy groups -OCH3 is 1. The van der Waals surface area contributed by atoms with E-state index in [2.05, 4.69) is 22.3 Å². The quantitative estimate of drug-likeness (QED) is 0.437. The van der Waals surface area contributed by atoms with Crippen molar-refractivity contribution in [1.29, 1.82) is 0 Å². The predicted molar refractivity (Wildman–Crippen MR) is 83.6 cm³/mol. The van der Waals surface area contributed by atoms with Gasteiger partial charge >= 0.3 is 5.97 Å². The van der Waals surface area contributed by atoms with Crippen LogP contribution >= 0.6 is 0 Å². The largest absolute Gasteiger partial charge is 0.465 e. The van der Waals surface area contributed by atoms with Gasteiger partial charge in [0, 0.05) is 12.2 Å². The molecule has 120 valence electrons. The third-order valence-electron chi connectivity index (χ3n) is 2.99. The number of hydrogen-bond acceptors (Lipinski definition) is 4. The highest BCUT2D eigenvalue weighted by Gasteiger charge is 2.11. The van der Waals surface area contributed by atoms with Crippen molar-refractivity contribution in [2.45, 2.75) is 32.6 Å². The van der Waals surface area contributed by atoms with Crippen LogP contribution in [0.15, 0.2) is 24.3 Å². The normalized spacial score (nSPS) is 9.91. The van der Waals surface area contributed by atoms with Crippen LogP contribution in [-0.2, 0) is 14.3 Å². The molecule has 0 aromatic heterocycles. The van der Waals surface area contributed by atoms with Gasteiger partial charge in [-0.3, -0.25) is 9.59 Å². The monoisotopic (exact) mass is 306 g/mol. The Morgan fingerprint density at radius 3 is 2.59 bits per heavy atom. The Labute approximate surface area is 130 Å². The van der Waals surface area contributed by atoms with E-state index in [4.69, 9.17) is 0 Å². The molecule has 22 heavy (non-hydrogen) atoms. The summed E-state index contributed by atoms with van der Waals surface area (Å²) in [7, 11) is 1.29. The minimum atomic E-state index is -0.482. The number of hydrogen-bond donors (Lipinski definition) is 2. The average Bonchev–Trinajstić information content (AvgIpc) is 2.51. The highest BCUT2D eigenvalue weighted by atomic mass is 16.5. The molecule has 1 aromatic rings. The van der Waals surface area contributed by atoms with Crippen LogP contribution in [0.4, 0.5) is 5.69 Å². The first kappa shape index (κ1) is 17.7. The number of benzene rings is 1. The minimum Gasteiger partial charge on any atom is -0.465 e. The van der Waals surface area contributed by atoms with E-state index in [9.17, 15) is 14.4 Å². The van der Waals surface area contributed by atoms with Crippen LogP contribution in [-0.4, -0.2) is 31.4 Å². The molecule has 1 rings (SSSR count). The van der Waals surface area contributed by atoms with E-state index >= 15 is 0 Å². The van der Waals surface area contributed by atoms with Gasteiger partial charge in [-0.15, -0.1) is 0 Å². The summed E-state index contributed by atoms with van der Waals surface area (Å²) in [6.45, 7) is 2.66. The molecule has 0 heterocycles. The molecule has 0 aliphatic rings. The van der Waals surface area contributed by atoms with Crippen LogP contribution in [0.25, 0.3) is 0 Å². The summed E-state index contributed by atoms with van der Waals surface area (Å²) < 4.78 is 4.61. The first-order valence-corrected chi connectivity index (χ1v) is 7.31. The molecular weight excluding hydrogens is 284 g/mol. The second-order valence-corrected chi connectivity index (χ2v) is 4.85. The van der Waals surface area contributed by atoms with Gasteiger partial charge in [0.05, 0.1) is 12.7 Å². The van der Waals surface area contributed by atoms with Gasteiger partial charge in [0.1, 0.15) is 6.42 Å². The lowest BCUT2D eigenvalue weighted by atomic mass is 10.2. The molecule has 2 N–H and O–H groups in total. The SMILES string of the molecule is CCCCCNC(=O)CC(=O)Nc1cccc(C(=O)OC)c1. The molecule has 0 aliphatic heterocycles. The molecule has 0 unspecified atom stereocenters. The fourth-order valence-corrected chi connectivity index (χ4v) is 1.86. The highest BCUT2D eigenvalue weighted by molar-refractivity contribution is 6.04. The second kappa shape index (κ2) is 9.55. The van der Waals surface area contributed by atoms with Gasteiger partial charge in [0.25, 0.3) is 0 Å². The molecule has 2 amide bonds. The third-order valence-corrected chi connectivity index (χ3v) is 2.99. The van der Waals surface area contributed by atoms with Gasteiger partial charge in [0.2, 0.25) is 11.8 Å². The molecule has 0 fully saturated rings. The van der Waals surface area contributed by atoms with Crippen molar-refractivity contribution in [2.75, 3.05) is 19.0 Å². The maximum absolute atomic E-state index is 11.8. The molecule has 0 bridgehead atoms. The van der Waals surface area contributed by atoms with Gasteiger partial charge in [-0.2, -0.15) is 0 Å². The maximum atomic E-state index is 11.8. The van der Waals surface area contributed by atoms with E-state index in [1.54, 1.807) is 18.2 Å². The van der Waals surface area contributed by atoms with Crippen LogP contribution < -0.4 is 10.6 Å². The van der Waals surface area contributed by atoms with Crippen molar-refractivity contribution < 1.29 is 19.1 Å². The summed E-state index contributed by atoms with van der Waals surface area (Å²) in [4.78, 5) is 34.8. The minimum absolute atomic E-state index is 0.241. The zero-order valence-electron chi connectivity index (χ0n) is 13.0. The molecule has 0 saturated carbocycles. The fraction of sp³-hybridized carbons (Fsp3) is 0.438. The van der Waals surface area contributed by atoms with Crippen LogP contribution in [0, 0.1) is 0 Å². The lowest BCUT2D eigenvalue weighted by Gasteiger charge is -2.07. The first-order valence-electron chi connectivity index (χ1n) is 7.31. The zero-order chi connectivity index (χ0) is 16.4. The number of rotatable bonds is 8. The Bertz CT molecular complexity index is 529. The van der Waals surface area contributed by atoms with E-state index in [1.807, 2.05) is 0 Å². The van der Waals surface area contributed by atoms with E-state index in [-0.39, 0.29) is 12.3 Å². The van der Waals surface area contributed by atoms with Gasteiger partial charge in [-0.05, 0) is 24.6 Å². The fourth-order valence-electron chi connectivity index (χ4n) is 1.86. The van der Waals surface area contributed by atoms with E-state index in [0.717, 1.165) is 19.3 Å². The Morgan fingerprint density at radius 2 is 1.91 bits per heavy atom. The molecule has 6 heteroatoms. The van der Waals surface area contributed by atoms with Crippen LogP contribution in [0.3, 0.4) is 0 Å². The Morgan fingerprint density at radius 1 is 1.14 bits per heavy atom. The summed E-state index contributed by atoms with van der Waals surface area (Å²) in [5.41, 5.74) is 0.788. The van der Waals surface area contributed by atoms with E-state index in [0.29, 0.717) is 17.8 Å². The van der Waals surface area contributed by atoms with Crippen molar-refractivity contribution in [2.24, 2.45) is 0 Å². The number of carbonyl (C=O) groups excluding carboxylic acids is 3. The predicted octanol–water partition coefficient (Wildman–Crippen LogP) is 2.11. The molecule has 0 atom stereocenters. The van der Waals surface area contributed by atoms with Crippen molar-refractivity contribution in [1.82, 2.24) is 5.32 Å². The van der Waals surface area contributed by atoms with Gasteiger partial charge in [-0.25, -0.2) is 4.79 Å². The van der Waals surface area contributed by atoms with Gasteiger partial charge in [0.15, 0.2) is 0 Å². The number of esters is 1. The number of ether oxygens (including phenoxy) is 1. The molecule has 0 aliphatic carbocycles. The highest BCUT2D eigenvalue weighted by Crippen LogP contribution is 2.11. The maximum Gasteiger partial charge on any atom is 0.337 e. The molecule has 0 saturated heterocycles. The molecule has 0 radical (unpaired) electrons. The summed E-state index contributed by atoms with van der Waals surface area (Å²) in [6.07, 6.45) is 2.79. The zero-order valence-corrected chi connectivity index (χ0v) is 13.0. The third kappa shape index (κ3) is 6.39. The van der Waals surface area contributed by atoms with Crippen molar-refractivity contribution >= 4 is 23.5 Å². The lowest BCUT2D eigenvalue weighted by molar-refractivity contribution is -0.126. The van der Waals surface area contributed by atoms with Gasteiger partial charge < -0.3 is 15.4 Å². The average molecular weight is 306 g/mol. The number of anilines is 1. The van der Waals surface area contributed by atoms with Crippen LogP contribution in [0.1, 0.15) is 43.0 Å². The van der Waals surface area contributed by atoms with Crippen LogP contribution in [0.2, 0.25) is 0 Å². The van der Waals surface area contributed by atoms with E-state index in [1.165, 1.54) is 13.2 Å². The first-order chi connectivity index (χ1) is 10.6. The number of nitrogens with one attached hydrogen (secondary N) is 2. The van der Waals surface area contributed by atoms with Crippen molar-refractivity contribution in [3.63, 3.8) is 0 Å². The Balaban J connectivity index is 2.44. The standard InChI is InChI=1S/C16H22N2O4/c1-3-4-5-9-17-14(19)11-15(20)18-13-8-6-7-12(10-13)16(21)22-2/h6-8,10H,3-5,9,11H2,1-2H3,(H,17,19)(H,18,20). The summed E-state index contributed by atoms with van der Waals surface area (Å²) in [6, 6.07) is 6.36. The molecular formula is C16H22N2O4. The number of carbonyl (C=O) groups is 3. The number of amides is 2. The molecule has 0 spiro atoms. The summed E-state index contributed by atoms with van der Waals surface area (Å²) in [5, 5.41) is 5.29. The second-order valence-electron chi connectivity index (χ2n) is 4.85. The summed E-state index contributed by atoms with van der Waals surface area (Å²) >= 11 is 0. The Hall–Kier alpha value is -2.37. The number of unbranched alkanes of at least 4 members (excludes halogenated alkanes) is 2. The smallest absolute Gasteiger partial charge is 0.337 e.